The largest absolute Gasteiger partial charge is 0.478 e. The molecule has 8 heteroatoms. The van der Waals surface area contributed by atoms with E-state index in [9.17, 15) is 19.1 Å². The third-order valence-corrected chi connectivity index (χ3v) is 7.19. The second kappa shape index (κ2) is 9.87. The number of carbonyl (C=O) groups is 2. The predicted molar refractivity (Wildman–Crippen MR) is 143 cm³/mol. The Hall–Kier alpha value is -4.30. The van der Waals surface area contributed by atoms with Crippen LogP contribution in [-0.4, -0.2) is 59.7 Å². The van der Waals surface area contributed by atoms with Gasteiger partial charge in [0.05, 0.1) is 35.7 Å². The van der Waals surface area contributed by atoms with Crippen LogP contribution in [0.5, 0.6) is 0 Å². The Balaban J connectivity index is 1.46. The summed E-state index contributed by atoms with van der Waals surface area (Å²) in [6.07, 6.45) is 1.71. The van der Waals surface area contributed by atoms with Gasteiger partial charge in [-0.15, -0.1) is 0 Å². The molecule has 2 aliphatic rings. The summed E-state index contributed by atoms with van der Waals surface area (Å²) in [5, 5.41) is 10.2. The number of carboxylic acid groups (broad SMARTS) is 1. The van der Waals surface area contributed by atoms with E-state index in [1.165, 1.54) is 18.2 Å². The Bertz CT molecular complexity index is 1550. The highest BCUT2D eigenvalue weighted by Crippen LogP contribution is 2.40. The lowest BCUT2D eigenvalue weighted by Gasteiger charge is -2.33. The Morgan fingerprint density at radius 3 is 2.39 bits per heavy atom. The van der Waals surface area contributed by atoms with Gasteiger partial charge in [-0.3, -0.25) is 4.79 Å². The Kier molecular flexibility index (Phi) is 6.25. The van der Waals surface area contributed by atoms with Gasteiger partial charge < -0.3 is 19.6 Å². The van der Waals surface area contributed by atoms with Gasteiger partial charge in [0.15, 0.2) is 0 Å². The average molecular weight is 512 g/mol. The number of hydrogen-bond donors (Lipinski definition) is 1. The fourth-order valence-electron chi connectivity index (χ4n) is 5.25. The van der Waals surface area contributed by atoms with E-state index in [-0.39, 0.29) is 17.3 Å². The molecule has 1 amide bonds. The molecule has 0 spiro atoms. The first kappa shape index (κ1) is 24.1. The van der Waals surface area contributed by atoms with Gasteiger partial charge in [-0.2, -0.15) is 0 Å². The SMILES string of the molecule is O=C(O)c1ccc2nc(-c3ccc(F)cc3)c(N3CCCc4cc(C(=O)N5CCOCC5)ccc43)cc2c1. The number of morpholine rings is 1. The second-order valence-corrected chi connectivity index (χ2v) is 9.58. The summed E-state index contributed by atoms with van der Waals surface area (Å²) in [5.74, 6) is -1.33. The zero-order valence-corrected chi connectivity index (χ0v) is 20.7. The molecular formula is C30H26FN3O4. The van der Waals surface area contributed by atoms with E-state index >= 15 is 0 Å². The van der Waals surface area contributed by atoms with E-state index in [1.54, 1.807) is 24.3 Å². The van der Waals surface area contributed by atoms with Gasteiger partial charge in [-0.25, -0.2) is 14.2 Å². The van der Waals surface area contributed by atoms with E-state index < -0.39 is 5.97 Å². The van der Waals surface area contributed by atoms with Crippen molar-refractivity contribution >= 4 is 34.2 Å². The zero-order chi connectivity index (χ0) is 26.2. The number of aryl methyl sites for hydroxylation is 1. The number of amides is 1. The van der Waals surface area contributed by atoms with Crippen molar-refractivity contribution in [3.8, 4) is 11.3 Å². The van der Waals surface area contributed by atoms with Crippen molar-refractivity contribution in [1.82, 2.24) is 9.88 Å². The quantitative estimate of drug-likeness (QED) is 0.401. The summed E-state index contributed by atoms with van der Waals surface area (Å²) in [5.41, 5.74) is 5.80. The number of ether oxygens (including phenoxy) is 1. The van der Waals surface area contributed by atoms with Crippen molar-refractivity contribution < 1.29 is 23.8 Å². The highest BCUT2D eigenvalue weighted by Gasteiger charge is 2.25. The van der Waals surface area contributed by atoms with Crippen LogP contribution in [0, 0.1) is 5.82 Å². The Morgan fingerprint density at radius 2 is 1.63 bits per heavy atom. The topological polar surface area (TPSA) is 83.0 Å². The maximum Gasteiger partial charge on any atom is 0.335 e. The number of aromatic nitrogens is 1. The number of nitrogens with zero attached hydrogens (tertiary/aromatic N) is 3. The maximum absolute atomic E-state index is 13.7. The number of aromatic carboxylic acids is 1. The molecule has 1 aromatic heterocycles. The monoisotopic (exact) mass is 511 g/mol. The average Bonchev–Trinajstić information content (AvgIpc) is 2.96. The first-order valence-corrected chi connectivity index (χ1v) is 12.7. The number of benzene rings is 3. The molecule has 0 bridgehead atoms. The lowest BCUT2D eigenvalue weighted by Crippen LogP contribution is -2.40. The van der Waals surface area contributed by atoms with Crippen LogP contribution in [0.3, 0.4) is 0 Å². The number of pyridine rings is 1. The summed E-state index contributed by atoms with van der Waals surface area (Å²) < 4.78 is 19.1. The lowest BCUT2D eigenvalue weighted by atomic mass is 9.96. The van der Waals surface area contributed by atoms with Crippen LogP contribution < -0.4 is 4.90 Å². The third kappa shape index (κ3) is 4.48. The predicted octanol–water partition coefficient (Wildman–Crippen LogP) is 5.30. The molecule has 2 aliphatic heterocycles. The van der Waals surface area contributed by atoms with E-state index in [0.29, 0.717) is 48.5 Å². The molecular weight excluding hydrogens is 485 g/mol. The third-order valence-electron chi connectivity index (χ3n) is 7.19. The van der Waals surface area contributed by atoms with Crippen molar-refractivity contribution in [2.75, 3.05) is 37.7 Å². The fourth-order valence-corrected chi connectivity index (χ4v) is 5.25. The molecule has 7 nitrogen and oxygen atoms in total. The van der Waals surface area contributed by atoms with Crippen LogP contribution in [0.15, 0.2) is 66.7 Å². The van der Waals surface area contributed by atoms with E-state index in [4.69, 9.17) is 9.72 Å². The number of carboxylic acids is 1. The standard InChI is InChI=1S/C30H26FN3O4/c31-24-7-3-19(4-8-24)28-27(18-23-17-22(30(36)37)5-9-25(23)32-28)34-11-1-2-20-16-21(6-10-26(20)34)29(35)33-12-14-38-15-13-33/h3-10,16-18H,1-2,11-15H2,(H,36,37). The molecule has 6 rings (SSSR count). The van der Waals surface area contributed by atoms with Crippen molar-refractivity contribution in [2.45, 2.75) is 12.8 Å². The van der Waals surface area contributed by atoms with E-state index in [2.05, 4.69) is 4.90 Å². The van der Waals surface area contributed by atoms with Crippen LogP contribution in [0.4, 0.5) is 15.8 Å². The molecule has 38 heavy (non-hydrogen) atoms. The highest BCUT2D eigenvalue weighted by molar-refractivity contribution is 5.98. The van der Waals surface area contributed by atoms with E-state index in [0.717, 1.165) is 41.9 Å². The number of halogens is 1. The molecule has 0 radical (unpaired) electrons. The summed E-state index contributed by atoms with van der Waals surface area (Å²) in [7, 11) is 0. The first-order valence-electron chi connectivity index (χ1n) is 12.7. The van der Waals surface area contributed by atoms with Crippen LogP contribution in [0.25, 0.3) is 22.2 Å². The minimum atomic E-state index is -1.00. The smallest absolute Gasteiger partial charge is 0.335 e. The van der Waals surface area contributed by atoms with Gasteiger partial charge in [-0.05, 0) is 85.1 Å². The molecule has 0 atom stereocenters. The van der Waals surface area contributed by atoms with Crippen LogP contribution in [-0.2, 0) is 11.2 Å². The minimum Gasteiger partial charge on any atom is -0.478 e. The zero-order valence-electron chi connectivity index (χ0n) is 20.7. The van der Waals surface area contributed by atoms with Crippen LogP contribution in [0.1, 0.15) is 32.7 Å². The van der Waals surface area contributed by atoms with Crippen molar-refractivity contribution in [2.24, 2.45) is 0 Å². The van der Waals surface area contributed by atoms with Crippen molar-refractivity contribution in [3.05, 3.63) is 89.2 Å². The van der Waals surface area contributed by atoms with Crippen molar-refractivity contribution in [1.29, 1.82) is 0 Å². The Labute approximate surface area is 219 Å². The fraction of sp³-hybridized carbons (Fsp3) is 0.233. The molecule has 0 unspecified atom stereocenters. The highest BCUT2D eigenvalue weighted by atomic mass is 19.1. The summed E-state index contributed by atoms with van der Waals surface area (Å²) in [6, 6.07) is 18.9. The number of hydrogen-bond acceptors (Lipinski definition) is 5. The normalized spacial score (nSPS) is 15.4. The van der Waals surface area contributed by atoms with Gasteiger partial charge in [-0.1, -0.05) is 0 Å². The number of fused-ring (bicyclic) bond motifs is 2. The molecule has 0 saturated carbocycles. The summed E-state index contributed by atoms with van der Waals surface area (Å²) >= 11 is 0. The number of anilines is 2. The maximum atomic E-state index is 13.7. The van der Waals surface area contributed by atoms with Crippen molar-refractivity contribution in [3.63, 3.8) is 0 Å². The molecule has 4 aromatic rings. The number of rotatable bonds is 4. The molecule has 1 saturated heterocycles. The molecule has 3 heterocycles. The molecule has 3 aromatic carbocycles. The summed E-state index contributed by atoms with van der Waals surface area (Å²) in [4.78, 5) is 33.6. The van der Waals surface area contributed by atoms with Crippen LogP contribution >= 0.6 is 0 Å². The second-order valence-electron chi connectivity index (χ2n) is 9.58. The molecule has 1 fully saturated rings. The Morgan fingerprint density at radius 1 is 0.868 bits per heavy atom. The summed E-state index contributed by atoms with van der Waals surface area (Å²) in [6.45, 7) is 3.00. The minimum absolute atomic E-state index is 0.00814. The van der Waals surface area contributed by atoms with Gasteiger partial charge in [0.25, 0.3) is 5.91 Å². The van der Waals surface area contributed by atoms with E-state index in [1.807, 2.05) is 29.2 Å². The van der Waals surface area contributed by atoms with Gasteiger partial charge >= 0.3 is 5.97 Å². The molecule has 0 aliphatic carbocycles. The van der Waals surface area contributed by atoms with Gasteiger partial charge in [0, 0.05) is 41.8 Å². The van der Waals surface area contributed by atoms with Crippen LogP contribution in [0.2, 0.25) is 0 Å². The molecule has 1 N–H and O–H groups in total. The van der Waals surface area contributed by atoms with Gasteiger partial charge in [0.1, 0.15) is 5.82 Å². The number of carbonyl (C=O) groups excluding carboxylic acids is 1. The molecule has 192 valence electrons. The first-order chi connectivity index (χ1) is 18.5. The van der Waals surface area contributed by atoms with Gasteiger partial charge in [0.2, 0.25) is 0 Å². The lowest BCUT2D eigenvalue weighted by molar-refractivity contribution is 0.0303.